The molecule has 1 N–H and O–H groups in total. The smallest absolute Gasteiger partial charge is 0.145 e. The standard InChI is InChI=1S/C21H16O3S/c1-23-16-9-6-14(7-10-16)18-12-15(22)8-11-19(18)24-20-13-25-21-5-3-2-4-17(20)21/h2-13,22H,1H3. The van der Waals surface area contributed by atoms with Crippen LogP contribution in [0.3, 0.4) is 0 Å². The topological polar surface area (TPSA) is 38.7 Å². The second-order valence-electron chi connectivity index (χ2n) is 5.61. The molecule has 3 aromatic carbocycles. The van der Waals surface area contributed by atoms with Gasteiger partial charge in [-0.15, -0.1) is 11.3 Å². The van der Waals surface area contributed by atoms with Gasteiger partial charge in [0.15, 0.2) is 0 Å². The van der Waals surface area contributed by atoms with Gasteiger partial charge in [0.05, 0.1) is 7.11 Å². The minimum Gasteiger partial charge on any atom is -0.508 e. The molecule has 0 saturated carbocycles. The Morgan fingerprint density at radius 3 is 2.48 bits per heavy atom. The number of benzene rings is 3. The number of rotatable bonds is 4. The van der Waals surface area contributed by atoms with Crippen LogP contribution in [0, 0.1) is 0 Å². The Hall–Kier alpha value is -2.98. The van der Waals surface area contributed by atoms with E-state index in [0.717, 1.165) is 28.0 Å². The number of phenols is 1. The van der Waals surface area contributed by atoms with Crippen LogP contribution in [-0.2, 0) is 0 Å². The average molecular weight is 348 g/mol. The van der Waals surface area contributed by atoms with Crippen molar-refractivity contribution < 1.29 is 14.6 Å². The van der Waals surface area contributed by atoms with Crippen LogP contribution < -0.4 is 9.47 Å². The lowest BCUT2D eigenvalue weighted by atomic mass is 10.0. The second-order valence-corrected chi connectivity index (χ2v) is 6.52. The monoisotopic (exact) mass is 348 g/mol. The summed E-state index contributed by atoms with van der Waals surface area (Å²) in [7, 11) is 1.64. The summed E-state index contributed by atoms with van der Waals surface area (Å²) >= 11 is 1.65. The van der Waals surface area contributed by atoms with Gasteiger partial charge in [-0.05, 0) is 48.0 Å². The lowest BCUT2D eigenvalue weighted by molar-refractivity contribution is 0.415. The average Bonchev–Trinajstić information content (AvgIpc) is 3.06. The Balaban J connectivity index is 1.76. The van der Waals surface area contributed by atoms with Gasteiger partial charge in [0.25, 0.3) is 0 Å². The van der Waals surface area contributed by atoms with E-state index in [1.165, 1.54) is 4.70 Å². The van der Waals surface area contributed by atoms with E-state index in [-0.39, 0.29) is 5.75 Å². The van der Waals surface area contributed by atoms with Crippen molar-refractivity contribution in [2.45, 2.75) is 0 Å². The molecule has 25 heavy (non-hydrogen) atoms. The van der Waals surface area contributed by atoms with Gasteiger partial charge in [-0.2, -0.15) is 0 Å². The summed E-state index contributed by atoms with van der Waals surface area (Å²) in [6, 6.07) is 21.0. The van der Waals surface area contributed by atoms with E-state index in [1.54, 1.807) is 36.6 Å². The Morgan fingerprint density at radius 2 is 1.68 bits per heavy atom. The van der Waals surface area contributed by atoms with Gasteiger partial charge in [-0.25, -0.2) is 0 Å². The van der Waals surface area contributed by atoms with E-state index in [1.807, 2.05) is 41.8 Å². The number of hydrogen-bond donors (Lipinski definition) is 1. The van der Waals surface area contributed by atoms with E-state index in [4.69, 9.17) is 9.47 Å². The molecular formula is C21H16O3S. The second kappa shape index (κ2) is 6.49. The van der Waals surface area contributed by atoms with Crippen molar-refractivity contribution in [3.8, 4) is 34.1 Å². The minimum absolute atomic E-state index is 0.202. The molecule has 0 radical (unpaired) electrons. The van der Waals surface area contributed by atoms with Crippen LogP contribution in [0.5, 0.6) is 23.0 Å². The largest absolute Gasteiger partial charge is 0.508 e. The van der Waals surface area contributed by atoms with E-state index in [2.05, 4.69) is 12.1 Å². The number of thiophene rings is 1. The van der Waals surface area contributed by atoms with Crippen LogP contribution in [0.15, 0.2) is 72.1 Å². The van der Waals surface area contributed by atoms with Gasteiger partial charge in [0.2, 0.25) is 0 Å². The maximum Gasteiger partial charge on any atom is 0.145 e. The fourth-order valence-corrected chi connectivity index (χ4v) is 3.62. The van der Waals surface area contributed by atoms with Crippen LogP contribution in [0.4, 0.5) is 0 Å². The molecule has 4 aromatic rings. The van der Waals surface area contributed by atoms with Crippen LogP contribution in [0.25, 0.3) is 21.2 Å². The number of aromatic hydroxyl groups is 1. The molecule has 0 amide bonds. The van der Waals surface area contributed by atoms with E-state index < -0.39 is 0 Å². The zero-order valence-corrected chi connectivity index (χ0v) is 14.4. The Bertz CT molecular complexity index is 1020. The van der Waals surface area contributed by atoms with Crippen molar-refractivity contribution in [2.24, 2.45) is 0 Å². The first-order chi connectivity index (χ1) is 12.2. The van der Waals surface area contributed by atoms with Gasteiger partial charge in [-0.1, -0.05) is 24.3 Å². The van der Waals surface area contributed by atoms with Crippen LogP contribution in [0.2, 0.25) is 0 Å². The number of methoxy groups -OCH3 is 1. The summed E-state index contributed by atoms with van der Waals surface area (Å²) < 4.78 is 12.6. The van der Waals surface area contributed by atoms with Crippen LogP contribution in [0.1, 0.15) is 0 Å². The summed E-state index contributed by atoms with van der Waals surface area (Å²) in [5, 5.41) is 13.0. The zero-order chi connectivity index (χ0) is 17.2. The summed E-state index contributed by atoms with van der Waals surface area (Å²) in [6.45, 7) is 0. The molecule has 4 heteroatoms. The fourth-order valence-electron chi connectivity index (χ4n) is 2.75. The van der Waals surface area contributed by atoms with Crippen LogP contribution in [-0.4, -0.2) is 12.2 Å². The van der Waals surface area contributed by atoms with Gasteiger partial charge in [-0.3, -0.25) is 0 Å². The third-order valence-corrected chi connectivity index (χ3v) is 4.97. The highest BCUT2D eigenvalue weighted by molar-refractivity contribution is 7.17. The summed E-state index contributed by atoms with van der Waals surface area (Å²) in [5.74, 6) is 2.51. The molecule has 4 rings (SSSR count). The highest BCUT2D eigenvalue weighted by atomic mass is 32.1. The third-order valence-electron chi connectivity index (χ3n) is 4.03. The lowest BCUT2D eigenvalue weighted by Gasteiger charge is -2.12. The summed E-state index contributed by atoms with van der Waals surface area (Å²) in [4.78, 5) is 0. The molecule has 1 aromatic heterocycles. The highest BCUT2D eigenvalue weighted by Gasteiger charge is 2.12. The molecule has 0 bridgehead atoms. The van der Waals surface area contributed by atoms with Gasteiger partial charge in [0.1, 0.15) is 23.0 Å². The molecule has 0 spiro atoms. The first-order valence-corrected chi connectivity index (χ1v) is 8.74. The predicted molar refractivity (Wildman–Crippen MR) is 102 cm³/mol. The molecule has 0 aliphatic carbocycles. The molecule has 0 atom stereocenters. The first-order valence-electron chi connectivity index (χ1n) is 7.86. The zero-order valence-electron chi connectivity index (χ0n) is 13.6. The number of fused-ring (bicyclic) bond motifs is 1. The summed E-state index contributed by atoms with van der Waals surface area (Å²) in [5.41, 5.74) is 1.78. The summed E-state index contributed by atoms with van der Waals surface area (Å²) in [6.07, 6.45) is 0. The first kappa shape index (κ1) is 15.5. The Kier molecular flexibility index (Phi) is 4.04. The molecular weight excluding hydrogens is 332 g/mol. The quantitative estimate of drug-likeness (QED) is 0.486. The molecule has 0 saturated heterocycles. The molecule has 0 aliphatic heterocycles. The SMILES string of the molecule is COc1ccc(-c2cc(O)ccc2Oc2csc3ccccc23)cc1. The maximum atomic E-state index is 9.92. The molecule has 3 nitrogen and oxygen atoms in total. The van der Waals surface area contributed by atoms with Crippen molar-refractivity contribution in [2.75, 3.05) is 7.11 Å². The number of phenolic OH excluding ortho intramolecular Hbond substituents is 1. The number of hydrogen-bond acceptors (Lipinski definition) is 4. The lowest BCUT2D eigenvalue weighted by Crippen LogP contribution is -1.88. The maximum absolute atomic E-state index is 9.92. The highest BCUT2D eigenvalue weighted by Crippen LogP contribution is 2.40. The Labute approximate surface area is 149 Å². The molecule has 0 unspecified atom stereocenters. The predicted octanol–water partition coefficient (Wildman–Crippen LogP) is 6.07. The fraction of sp³-hybridized carbons (Fsp3) is 0.0476. The minimum atomic E-state index is 0.202. The van der Waals surface area contributed by atoms with E-state index >= 15 is 0 Å². The van der Waals surface area contributed by atoms with E-state index in [0.29, 0.717) is 5.75 Å². The van der Waals surface area contributed by atoms with Crippen molar-refractivity contribution in [1.82, 2.24) is 0 Å². The van der Waals surface area contributed by atoms with Gasteiger partial charge >= 0.3 is 0 Å². The van der Waals surface area contributed by atoms with Crippen LogP contribution >= 0.6 is 11.3 Å². The Morgan fingerprint density at radius 1 is 0.880 bits per heavy atom. The molecule has 0 fully saturated rings. The van der Waals surface area contributed by atoms with Crippen molar-refractivity contribution >= 4 is 21.4 Å². The molecule has 124 valence electrons. The van der Waals surface area contributed by atoms with E-state index in [9.17, 15) is 5.11 Å². The van der Waals surface area contributed by atoms with Crippen molar-refractivity contribution in [3.05, 3.63) is 72.1 Å². The molecule has 1 heterocycles. The normalized spacial score (nSPS) is 10.8. The number of ether oxygens (including phenoxy) is 2. The molecule has 0 aliphatic rings. The van der Waals surface area contributed by atoms with Crippen molar-refractivity contribution in [1.29, 1.82) is 0 Å². The van der Waals surface area contributed by atoms with Gasteiger partial charge < -0.3 is 14.6 Å². The van der Waals surface area contributed by atoms with Crippen molar-refractivity contribution in [3.63, 3.8) is 0 Å². The third kappa shape index (κ3) is 3.04. The van der Waals surface area contributed by atoms with Gasteiger partial charge in [0, 0.05) is 21.0 Å².